The molecule has 9 heteroatoms. The summed E-state index contributed by atoms with van der Waals surface area (Å²) in [6.45, 7) is 9.15. The fraction of sp³-hybridized carbons (Fsp3) is 0.737. The summed E-state index contributed by atoms with van der Waals surface area (Å²) in [6.07, 6.45) is 4.15. The van der Waals surface area contributed by atoms with Crippen LogP contribution in [0.2, 0.25) is 0 Å². The molecule has 9 nitrogen and oxygen atoms in total. The van der Waals surface area contributed by atoms with Crippen LogP contribution in [0, 0.1) is 0 Å². The van der Waals surface area contributed by atoms with E-state index in [9.17, 15) is 0 Å². The molecule has 0 radical (unpaired) electrons. The lowest BCUT2D eigenvalue weighted by atomic mass is 9.92. The first-order chi connectivity index (χ1) is 13.7. The smallest absolute Gasteiger partial charge is 0.240 e. The zero-order valence-electron chi connectivity index (χ0n) is 16.8. The number of ether oxygens (including phenoxy) is 2. The average Bonchev–Trinajstić information content (AvgIpc) is 3.38. The van der Waals surface area contributed by atoms with E-state index in [1.165, 1.54) is 17.7 Å². The first-order valence-electron chi connectivity index (χ1n) is 10.1. The summed E-state index contributed by atoms with van der Waals surface area (Å²) in [5.74, 6) is 1.71. The van der Waals surface area contributed by atoms with Crippen molar-refractivity contribution in [3.8, 4) is 0 Å². The number of rotatable bonds is 7. The van der Waals surface area contributed by atoms with Crippen molar-refractivity contribution in [1.29, 1.82) is 0 Å². The second-order valence-electron chi connectivity index (χ2n) is 7.70. The monoisotopic (exact) mass is 390 g/mol. The minimum Gasteiger partial charge on any atom is -0.379 e. The Morgan fingerprint density at radius 1 is 1.25 bits per heavy atom. The number of nitrogens with one attached hydrogen (secondary N) is 1. The second-order valence-corrected chi connectivity index (χ2v) is 7.70. The molecule has 0 bridgehead atoms. The maximum atomic E-state index is 5.46. The normalized spacial score (nSPS) is 23.1. The molecule has 0 spiro atoms. The summed E-state index contributed by atoms with van der Waals surface area (Å²) >= 11 is 0. The molecule has 154 valence electrons. The van der Waals surface area contributed by atoms with Gasteiger partial charge in [0.25, 0.3) is 0 Å². The standard InChI is InChI=1S/C19H30N6O3/c1-14(26-2)19-21-17(28-23-19)13-25-5-3-4-15(11-25)18-16(10-20-22-18)12-24-6-8-27-9-7-24/h10,14-15H,3-9,11-13H2,1-2H3,(H,20,22)/t14-,15+/m0/s1. The fourth-order valence-corrected chi connectivity index (χ4v) is 4.03. The Morgan fingerprint density at radius 2 is 2.11 bits per heavy atom. The van der Waals surface area contributed by atoms with E-state index in [4.69, 9.17) is 14.0 Å². The van der Waals surface area contributed by atoms with Crippen LogP contribution in [-0.4, -0.2) is 76.6 Å². The molecular weight excluding hydrogens is 360 g/mol. The van der Waals surface area contributed by atoms with Crippen LogP contribution < -0.4 is 0 Å². The van der Waals surface area contributed by atoms with Gasteiger partial charge in [0.1, 0.15) is 6.10 Å². The lowest BCUT2D eigenvalue weighted by Gasteiger charge is -2.32. The second kappa shape index (κ2) is 9.13. The maximum Gasteiger partial charge on any atom is 0.240 e. The number of likely N-dealkylation sites (tertiary alicyclic amines) is 1. The summed E-state index contributed by atoms with van der Waals surface area (Å²) in [7, 11) is 1.65. The van der Waals surface area contributed by atoms with Crippen LogP contribution in [0.25, 0.3) is 0 Å². The lowest BCUT2D eigenvalue weighted by Crippen LogP contribution is -2.37. The Hall–Kier alpha value is -1.81. The quantitative estimate of drug-likeness (QED) is 0.764. The van der Waals surface area contributed by atoms with Crippen LogP contribution in [0.1, 0.15) is 54.8 Å². The van der Waals surface area contributed by atoms with Crippen LogP contribution in [0.4, 0.5) is 0 Å². The molecule has 4 rings (SSSR count). The predicted octanol–water partition coefficient (Wildman–Crippen LogP) is 1.71. The summed E-state index contributed by atoms with van der Waals surface area (Å²) in [6, 6.07) is 0. The highest BCUT2D eigenvalue weighted by atomic mass is 16.5. The van der Waals surface area contributed by atoms with Crippen LogP contribution in [0.3, 0.4) is 0 Å². The molecule has 0 aliphatic carbocycles. The van der Waals surface area contributed by atoms with Gasteiger partial charge in [0, 0.05) is 50.5 Å². The van der Waals surface area contributed by atoms with Crippen molar-refractivity contribution < 1.29 is 14.0 Å². The summed E-state index contributed by atoms with van der Waals surface area (Å²) in [5.41, 5.74) is 2.58. The van der Waals surface area contributed by atoms with Crippen LogP contribution >= 0.6 is 0 Å². The number of methoxy groups -OCH3 is 1. The van der Waals surface area contributed by atoms with Gasteiger partial charge in [-0.2, -0.15) is 10.1 Å². The molecule has 0 amide bonds. The summed E-state index contributed by atoms with van der Waals surface area (Å²) in [4.78, 5) is 9.31. The number of morpholine rings is 1. The molecule has 1 N–H and O–H groups in total. The Bertz CT molecular complexity index is 742. The van der Waals surface area contributed by atoms with Gasteiger partial charge in [0.2, 0.25) is 5.89 Å². The van der Waals surface area contributed by atoms with E-state index >= 15 is 0 Å². The highest BCUT2D eigenvalue weighted by Crippen LogP contribution is 2.29. The third kappa shape index (κ3) is 4.60. The highest BCUT2D eigenvalue weighted by molar-refractivity contribution is 5.21. The van der Waals surface area contributed by atoms with Gasteiger partial charge in [-0.15, -0.1) is 0 Å². The predicted molar refractivity (Wildman–Crippen MR) is 102 cm³/mol. The van der Waals surface area contributed by atoms with Crippen molar-refractivity contribution in [2.45, 2.75) is 44.9 Å². The van der Waals surface area contributed by atoms with E-state index in [2.05, 4.69) is 30.1 Å². The Labute approximate surface area is 165 Å². The van der Waals surface area contributed by atoms with Crippen molar-refractivity contribution in [3.63, 3.8) is 0 Å². The summed E-state index contributed by atoms with van der Waals surface area (Å²) < 4.78 is 16.1. The molecule has 4 heterocycles. The Balaban J connectivity index is 1.37. The fourth-order valence-electron chi connectivity index (χ4n) is 4.03. The highest BCUT2D eigenvalue weighted by Gasteiger charge is 2.27. The number of aromatic nitrogens is 4. The molecule has 0 unspecified atom stereocenters. The molecule has 2 aliphatic rings. The number of nitrogens with zero attached hydrogens (tertiary/aromatic N) is 5. The third-order valence-electron chi connectivity index (χ3n) is 5.72. The molecule has 28 heavy (non-hydrogen) atoms. The zero-order valence-corrected chi connectivity index (χ0v) is 16.8. The lowest BCUT2D eigenvalue weighted by molar-refractivity contribution is 0.0339. The van der Waals surface area contributed by atoms with E-state index in [0.29, 0.717) is 24.2 Å². The van der Waals surface area contributed by atoms with E-state index in [0.717, 1.165) is 52.4 Å². The van der Waals surface area contributed by atoms with Gasteiger partial charge < -0.3 is 14.0 Å². The maximum absolute atomic E-state index is 5.46. The van der Waals surface area contributed by atoms with Crippen molar-refractivity contribution in [2.24, 2.45) is 0 Å². The molecule has 2 aromatic heterocycles. The molecule has 2 aliphatic heterocycles. The molecular formula is C19H30N6O3. The van der Waals surface area contributed by atoms with E-state index in [1.807, 2.05) is 13.1 Å². The van der Waals surface area contributed by atoms with Crippen LogP contribution in [-0.2, 0) is 22.6 Å². The minimum atomic E-state index is -0.153. The third-order valence-corrected chi connectivity index (χ3v) is 5.72. The molecule has 2 saturated heterocycles. The molecule has 0 aromatic carbocycles. The topological polar surface area (TPSA) is 92.5 Å². The summed E-state index contributed by atoms with van der Waals surface area (Å²) in [5, 5.41) is 11.7. The molecule has 2 fully saturated rings. The van der Waals surface area contributed by atoms with Crippen molar-refractivity contribution in [1.82, 2.24) is 30.1 Å². The van der Waals surface area contributed by atoms with E-state index in [1.54, 1.807) is 7.11 Å². The minimum absolute atomic E-state index is 0.153. The van der Waals surface area contributed by atoms with Gasteiger partial charge in [-0.3, -0.25) is 14.9 Å². The van der Waals surface area contributed by atoms with Crippen LogP contribution in [0.5, 0.6) is 0 Å². The van der Waals surface area contributed by atoms with Crippen molar-refractivity contribution >= 4 is 0 Å². The number of aromatic amines is 1. The van der Waals surface area contributed by atoms with Crippen molar-refractivity contribution in [3.05, 3.63) is 29.2 Å². The van der Waals surface area contributed by atoms with Gasteiger partial charge >= 0.3 is 0 Å². The number of piperidine rings is 1. The molecule has 2 atom stereocenters. The largest absolute Gasteiger partial charge is 0.379 e. The van der Waals surface area contributed by atoms with Gasteiger partial charge in [-0.1, -0.05) is 5.16 Å². The SMILES string of the molecule is CO[C@@H](C)c1noc(CN2CCC[C@@H](c3[nH]ncc3CN3CCOCC3)C2)n1. The van der Waals surface area contributed by atoms with Gasteiger partial charge in [-0.25, -0.2) is 0 Å². The molecule has 0 saturated carbocycles. The van der Waals surface area contributed by atoms with E-state index < -0.39 is 0 Å². The van der Waals surface area contributed by atoms with Gasteiger partial charge in [-0.05, 0) is 26.3 Å². The van der Waals surface area contributed by atoms with E-state index in [-0.39, 0.29) is 6.10 Å². The average molecular weight is 390 g/mol. The Kier molecular flexibility index (Phi) is 6.36. The first kappa shape index (κ1) is 19.5. The number of hydrogen-bond acceptors (Lipinski definition) is 8. The zero-order chi connectivity index (χ0) is 19.3. The van der Waals surface area contributed by atoms with Crippen molar-refractivity contribution in [2.75, 3.05) is 46.5 Å². The Morgan fingerprint density at radius 3 is 2.93 bits per heavy atom. The number of H-pyrrole nitrogens is 1. The van der Waals surface area contributed by atoms with Gasteiger partial charge in [0.15, 0.2) is 5.82 Å². The number of hydrogen-bond donors (Lipinski definition) is 1. The first-order valence-corrected chi connectivity index (χ1v) is 10.1. The van der Waals surface area contributed by atoms with Crippen LogP contribution in [0.15, 0.2) is 10.7 Å². The molecule has 2 aromatic rings. The van der Waals surface area contributed by atoms with Gasteiger partial charge in [0.05, 0.1) is 26.0 Å².